The minimum absolute atomic E-state index is 0.172. The van der Waals surface area contributed by atoms with Gasteiger partial charge in [0.1, 0.15) is 12.1 Å². The molecule has 4 aliphatic rings. The number of imide groups is 1. The normalized spacial score (nSPS) is 29.0. The number of likely N-dealkylation sites (tertiary alicyclic amines) is 1. The summed E-state index contributed by atoms with van der Waals surface area (Å²) in [7, 11) is 0. The molecule has 0 radical (unpaired) electrons. The molecule has 2 aliphatic carbocycles. The van der Waals surface area contributed by atoms with Crippen LogP contribution in [0.25, 0.3) is 0 Å². The third-order valence-corrected chi connectivity index (χ3v) is 6.91. The third-order valence-electron chi connectivity index (χ3n) is 6.91. The van der Waals surface area contributed by atoms with Crippen molar-refractivity contribution in [2.75, 3.05) is 19.7 Å². The molecule has 1 N–H and O–H groups in total. The zero-order chi connectivity index (χ0) is 19.7. The van der Waals surface area contributed by atoms with Crippen molar-refractivity contribution in [3.63, 3.8) is 0 Å². The van der Waals surface area contributed by atoms with E-state index >= 15 is 0 Å². The number of hydrogen-bond donors (Lipinski definition) is 1. The molecule has 28 heavy (non-hydrogen) atoms. The van der Waals surface area contributed by atoms with Gasteiger partial charge in [-0.2, -0.15) is 0 Å². The van der Waals surface area contributed by atoms with Crippen LogP contribution in [-0.4, -0.2) is 64.9 Å². The maximum atomic E-state index is 12.6. The molecule has 154 valence electrons. The summed E-state index contributed by atoms with van der Waals surface area (Å²) >= 11 is 0. The van der Waals surface area contributed by atoms with Gasteiger partial charge < -0.3 is 15.0 Å². The SMILES string of the molecule is O=C(CN1C(=O)NC2(CCCC2)C1=O)OCC(=O)N1CCC[C@@H]2CCCC[C@@H]21. The number of piperidine rings is 1. The molecule has 2 atom stereocenters. The minimum Gasteiger partial charge on any atom is -0.454 e. The Morgan fingerprint density at radius 3 is 2.54 bits per heavy atom. The van der Waals surface area contributed by atoms with Gasteiger partial charge in [-0.05, 0) is 44.4 Å². The number of esters is 1. The number of nitrogens with zero attached hydrogens (tertiary/aromatic N) is 2. The van der Waals surface area contributed by atoms with Gasteiger partial charge in [0, 0.05) is 12.6 Å². The highest BCUT2D eigenvalue weighted by atomic mass is 16.5. The van der Waals surface area contributed by atoms with Crippen LogP contribution >= 0.6 is 0 Å². The molecule has 4 amide bonds. The second kappa shape index (κ2) is 7.72. The molecular formula is C20H29N3O5. The predicted octanol–water partition coefficient (Wildman–Crippen LogP) is 1.58. The van der Waals surface area contributed by atoms with E-state index < -0.39 is 24.1 Å². The van der Waals surface area contributed by atoms with E-state index in [0.29, 0.717) is 25.3 Å². The van der Waals surface area contributed by atoms with Gasteiger partial charge in [-0.15, -0.1) is 0 Å². The lowest BCUT2D eigenvalue weighted by Crippen LogP contribution is -2.51. The topological polar surface area (TPSA) is 96.0 Å². The number of rotatable bonds is 4. The zero-order valence-corrected chi connectivity index (χ0v) is 16.3. The lowest BCUT2D eigenvalue weighted by Gasteiger charge is -2.44. The van der Waals surface area contributed by atoms with Gasteiger partial charge in [-0.1, -0.05) is 25.7 Å². The molecule has 0 aromatic rings. The van der Waals surface area contributed by atoms with Crippen LogP contribution in [0.3, 0.4) is 0 Å². The molecule has 2 aliphatic heterocycles. The van der Waals surface area contributed by atoms with Crippen LogP contribution in [0.15, 0.2) is 0 Å². The predicted molar refractivity (Wildman–Crippen MR) is 99.1 cm³/mol. The Kier molecular flexibility index (Phi) is 5.29. The van der Waals surface area contributed by atoms with Crippen LogP contribution in [0.5, 0.6) is 0 Å². The maximum absolute atomic E-state index is 12.6. The highest BCUT2D eigenvalue weighted by Gasteiger charge is 2.52. The lowest BCUT2D eigenvalue weighted by molar-refractivity contribution is -0.156. The molecule has 0 aromatic heterocycles. The van der Waals surface area contributed by atoms with Crippen LogP contribution in [0.2, 0.25) is 0 Å². The van der Waals surface area contributed by atoms with Crippen molar-refractivity contribution in [2.24, 2.45) is 5.92 Å². The average molecular weight is 391 g/mol. The largest absolute Gasteiger partial charge is 0.454 e. The van der Waals surface area contributed by atoms with Gasteiger partial charge in [-0.3, -0.25) is 19.3 Å². The molecule has 4 rings (SSSR count). The Labute approximate surface area is 164 Å². The molecule has 1 spiro atoms. The number of carbonyl (C=O) groups excluding carboxylic acids is 4. The lowest BCUT2D eigenvalue weighted by atomic mass is 9.78. The molecule has 8 nitrogen and oxygen atoms in total. The number of carbonyl (C=O) groups is 4. The van der Waals surface area contributed by atoms with E-state index in [1.54, 1.807) is 0 Å². The molecule has 8 heteroatoms. The second-order valence-corrected chi connectivity index (χ2v) is 8.61. The van der Waals surface area contributed by atoms with Crippen LogP contribution in [0.1, 0.15) is 64.2 Å². The van der Waals surface area contributed by atoms with Gasteiger partial charge in [0.2, 0.25) is 0 Å². The maximum Gasteiger partial charge on any atom is 0.326 e. The van der Waals surface area contributed by atoms with E-state index in [9.17, 15) is 19.2 Å². The fourth-order valence-corrected chi connectivity index (χ4v) is 5.47. The van der Waals surface area contributed by atoms with Crippen molar-refractivity contribution in [1.82, 2.24) is 15.1 Å². The molecule has 2 heterocycles. The summed E-state index contributed by atoms with van der Waals surface area (Å²) in [5.41, 5.74) is -0.836. The van der Waals surface area contributed by atoms with Crippen LogP contribution in [-0.2, 0) is 19.1 Å². The Bertz CT molecular complexity index is 671. The third kappa shape index (κ3) is 3.49. The molecule has 2 saturated heterocycles. The number of nitrogens with one attached hydrogen (secondary N) is 1. The summed E-state index contributed by atoms with van der Waals surface area (Å²) in [6.45, 7) is -0.0459. The number of ether oxygens (including phenoxy) is 1. The van der Waals surface area contributed by atoms with Crippen molar-refractivity contribution >= 4 is 23.8 Å². The van der Waals surface area contributed by atoms with Crippen molar-refractivity contribution in [2.45, 2.75) is 75.8 Å². The van der Waals surface area contributed by atoms with Crippen molar-refractivity contribution < 1.29 is 23.9 Å². The Morgan fingerprint density at radius 2 is 1.75 bits per heavy atom. The van der Waals surface area contributed by atoms with E-state index in [1.807, 2.05) is 4.90 Å². The summed E-state index contributed by atoms with van der Waals surface area (Å²) in [6.07, 6.45) is 9.71. The highest BCUT2D eigenvalue weighted by molar-refractivity contribution is 6.08. The van der Waals surface area contributed by atoms with Crippen molar-refractivity contribution in [3.8, 4) is 0 Å². The molecule has 4 fully saturated rings. The molecule has 0 unspecified atom stereocenters. The molecular weight excluding hydrogens is 362 g/mol. The number of hydrogen-bond acceptors (Lipinski definition) is 5. The number of urea groups is 1. The first kappa shape index (κ1) is 19.2. The summed E-state index contributed by atoms with van der Waals surface area (Å²) in [5, 5.41) is 2.74. The van der Waals surface area contributed by atoms with E-state index in [-0.39, 0.29) is 24.5 Å². The standard InChI is InChI=1S/C20H29N3O5/c24-16(22-11-5-7-14-6-1-2-8-15(14)22)13-28-17(25)12-23-18(26)20(21-19(23)27)9-3-4-10-20/h14-15H,1-13H2,(H,21,27)/t14-,15-/m0/s1. The first-order valence-electron chi connectivity index (χ1n) is 10.6. The molecule has 0 aromatic carbocycles. The van der Waals surface area contributed by atoms with Crippen LogP contribution in [0.4, 0.5) is 4.79 Å². The van der Waals surface area contributed by atoms with Gasteiger partial charge >= 0.3 is 12.0 Å². The van der Waals surface area contributed by atoms with Crippen LogP contribution < -0.4 is 5.32 Å². The summed E-state index contributed by atoms with van der Waals surface area (Å²) in [4.78, 5) is 52.3. The quantitative estimate of drug-likeness (QED) is 0.580. The summed E-state index contributed by atoms with van der Waals surface area (Å²) < 4.78 is 5.14. The number of amides is 4. The number of fused-ring (bicyclic) bond motifs is 1. The van der Waals surface area contributed by atoms with Gasteiger partial charge in [-0.25, -0.2) is 4.79 Å². The van der Waals surface area contributed by atoms with Crippen LogP contribution in [0, 0.1) is 5.92 Å². The Balaban J connectivity index is 1.29. The summed E-state index contributed by atoms with van der Waals surface area (Å²) in [6, 6.07) is -0.280. The second-order valence-electron chi connectivity index (χ2n) is 8.61. The molecule has 2 saturated carbocycles. The van der Waals surface area contributed by atoms with E-state index in [4.69, 9.17) is 4.74 Å². The van der Waals surface area contributed by atoms with E-state index in [1.165, 1.54) is 19.3 Å². The first-order chi connectivity index (χ1) is 13.5. The Hall–Kier alpha value is -2.12. The van der Waals surface area contributed by atoms with Gasteiger partial charge in [0.05, 0.1) is 0 Å². The fourth-order valence-electron chi connectivity index (χ4n) is 5.47. The minimum atomic E-state index is -0.836. The van der Waals surface area contributed by atoms with Gasteiger partial charge in [0.25, 0.3) is 11.8 Å². The smallest absolute Gasteiger partial charge is 0.326 e. The van der Waals surface area contributed by atoms with E-state index in [2.05, 4.69) is 5.32 Å². The van der Waals surface area contributed by atoms with Gasteiger partial charge in [0.15, 0.2) is 6.61 Å². The monoisotopic (exact) mass is 391 g/mol. The zero-order valence-electron chi connectivity index (χ0n) is 16.3. The van der Waals surface area contributed by atoms with E-state index in [0.717, 1.165) is 37.0 Å². The Morgan fingerprint density at radius 1 is 1.04 bits per heavy atom. The summed E-state index contributed by atoms with van der Waals surface area (Å²) in [5.74, 6) is -0.673. The first-order valence-corrected chi connectivity index (χ1v) is 10.6. The van der Waals surface area contributed by atoms with Crippen molar-refractivity contribution in [3.05, 3.63) is 0 Å². The fraction of sp³-hybridized carbons (Fsp3) is 0.800. The molecule has 0 bridgehead atoms. The highest BCUT2D eigenvalue weighted by Crippen LogP contribution is 2.36. The average Bonchev–Trinajstić information content (AvgIpc) is 3.26. The van der Waals surface area contributed by atoms with Crippen molar-refractivity contribution in [1.29, 1.82) is 0 Å².